The number of hydrogen-bond acceptors (Lipinski definition) is 3. The summed E-state index contributed by atoms with van der Waals surface area (Å²) in [6.07, 6.45) is 3.32. The summed E-state index contributed by atoms with van der Waals surface area (Å²) in [5, 5.41) is 2.87. The third-order valence-corrected chi connectivity index (χ3v) is 5.51. The van der Waals surface area contributed by atoms with Crippen molar-refractivity contribution >= 4 is 25.6 Å². The van der Waals surface area contributed by atoms with E-state index in [1.165, 1.54) is 6.07 Å². The number of amides is 1. The van der Waals surface area contributed by atoms with Gasteiger partial charge in [-0.3, -0.25) is 4.79 Å². The van der Waals surface area contributed by atoms with Gasteiger partial charge in [0.05, 0.1) is 4.90 Å². The number of aryl methyl sites for hydroxylation is 1. The van der Waals surface area contributed by atoms with E-state index in [4.69, 9.17) is 10.7 Å². The summed E-state index contributed by atoms with van der Waals surface area (Å²) in [5.74, 6) is -0.258. The minimum absolute atomic E-state index is 0.0107. The first-order chi connectivity index (χ1) is 9.27. The van der Waals surface area contributed by atoms with Crippen LogP contribution in [0.15, 0.2) is 23.1 Å². The van der Waals surface area contributed by atoms with Crippen LogP contribution >= 0.6 is 10.7 Å². The molecule has 1 aromatic rings. The average molecular weight is 316 g/mol. The van der Waals surface area contributed by atoms with E-state index in [0.29, 0.717) is 17.7 Å². The minimum atomic E-state index is -3.83. The normalized spacial score (nSPS) is 16.8. The molecule has 1 aromatic carbocycles. The molecule has 0 spiro atoms. The monoisotopic (exact) mass is 315 g/mol. The van der Waals surface area contributed by atoms with Gasteiger partial charge >= 0.3 is 0 Å². The van der Waals surface area contributed by atoms with Crippen LogP contribution in [0, 0.1) is 12.3 Å². The zero-order chi connectivity index (χ0) is 15.0. The number of nitrogens with one attached hydrogen (secondary N) is 1. The molecular weight excluding hydrogens is 298 g/mol. The quantitative estimate of drug-likeness (QED) is 0.850. The van der Waals surface area contributed by atoms with E-state index in [2.05, 4.69) is 12.2 Å². The minimum Gasteiger partial charge on any atom is -0.351 e. The molecule has 6 heteroatoms. The van der Waals surface area contributed by atoms with Crippen molar-refractivity contribution in [3.8, 4) is 0 Å². The number of carbonyl (C=O) groups excluding carboxylic acids is 1. The fourth-order valence-corrected chi connectivity index (χ4v) is 3.43. The van der Waals surface area contributed by atoms with E-state index in [9.17, 15) is 13.2 Å². The Morgan fingerprint density at radius 3 is 2.55 bits per heavy atom. The highest BCUT2D eigenvalue weighted by Crippen LogP contribution is 2.47. The Morgan fingerprint density at radius 2 is 2.05 bits per heavy atom. The van der Waals surface area contributed by atoms with Crippen molar-refractivity contribution in [3.05, 3.63) is 29.3 Å². The van der Waals surface area contributed by atoms with Crippen LogP contribution in [0.1, 0.15) is 42.1 Å². The van der Waals surface area contributed by atoms with Gasteiger partial charge in [-0.1, -0.05) is 13.0 Å². The lowest BCUT2D eigenvalue weighted by molar-refractivity contribution is 0.0944. The molecular formula is C14H18ClNO3S. The maximum atomic E-state index is 12.1. The van der Waals surface area contributed by atoms with Crippen LogP contribution in [0.4, 0.5) is 0 Å². The van der Waals surface area contributed by atoms with E-state index in [0.717, 1.165) is 19.3 Å². The Balaban J connectivity index is 2.15. The summed E-state index contributed by atoms with van der Waals surface area (Å²) >= 11 is 0. The standard InChI is InChI=1S/C14H18ClNO3S/c1-3-14(6-7-14)9-16-13(17)11-5-4-10(2)12(8-11)20(15,18)19/h4-5,8H,3,6-7,9H2,1-2H3,(H,16,17). The summed E-state index contributed by atoms with van der Waals surface area (Å²) in [4.78, 5) is 12.1. The predicted molar refractivity (Wildman–Crippen MR) is 78.5 cm³/mol. The van der Waals surface area contributed by atoms with Gasteiger partial charge < -0.3 is 5.32 Å². The lowest BCUT2D eigenvalue weighted by Crippen LogP contribution is -2.30. The number of carbonyl (C=O) groups is 1. The first-order valence-corrected chi connectivity index (χ1v) is 8.92. The SMILES string of the molecule is CCC1(CNC(=O)c2ccc(C)c(S(=O)(=O)Cl)c2)CC1. The van der Waals surface area contributed by atoms with Gasteiger partial charge in [0, 0.05) is 22.8 Å². The van der Waals surface area contributed by atoms with Crippen molar-refractivity contribution in [1.82, 2.24) is 5.32 Å². The lowest BCUT2D eigenvalue weighted by Gasteiger charge is -2.14. The van der Waals surface area contributed by atoms with Gasteiger partial charge in [0.2, 0.25) is 0 Å². The number of rotatable bonds is 5. The van der Waals surface area contributed by atoms with Crippen LogP contribution in [-0.4, -0.2) is 20.9 Å². The molecule has 1 aliphatic rings. The van der Waals surface area contributed by atoms with Gasteiger partial charge in [0.1, 0.15) is 0 Å². The first kappa shape index (κ1) is 15.3. The zero-order valence-corrected chi connectivity index (χ0v) is 13.1. The molecule has 1 amide bonds. The molecule has 110 valence electrons. The van der Waals surface area contributed by atoms with E-state index < -0.39 is 9.05 Å². The highest BCUT2D eigenvalue weighted by Gasteiger charge is 2.40. The Bertz CT molecular complexity index is 636. The maximum absolute atomic E-state index is 12.1. The largest absolute Gasteiger partial charge is 0.351 e. The van der Waals surface area contributed by atoms with Gasteiger partial charge in [0.25, 0.3) is 15.0 Å². The molecule has 1 fully saturated rings. The second-order valence-corrected chi connectivity index (χ2v) is 7.99. The fourth-order valence-electron chi connectivity index (χ4n) is 2.21. The zero-order valence-electron chi connectivity index (χ0n) is 11.6. The molecule has 0 aromatic heterocycles. The molecule has 0 bridgehead atoms. The van der Waals surface area contributed by atoms with E-state index in [1.54, 1.807) is 19.1 Å². The summed E-state index contributed by atoms with van der Waals surface area (Å²) in [5.41, 5.74) is 1.10. The second-order valence-electron chi connectivity index (χ2n) is 5.45. The molecule has 4 nitrogen and oxygen atoms in total. The van der Waals surface area contributed by atoms with Crippen LogP contribution in [-0.2, 0) is 9.05 Å². The second kappa shape index (κ2) is 5.37. The molecule has 2 rings (SSSR count). The van der Waals surface area contributed by atoms with E-state index in [1.807, 2.05) is 0 Å². The van der Waals surface area contributed by atoms with Crippen LogP contribution in [0.25, 0.3) is 0 Å². The molecule has 1 N–H and O–H groups in total. The van der Waals surface area contributed by atoms with Crippen molar-refractivity contribution in [2.45, 2.75) is 38.0 Å². The van der Waals surface area contributed by atoms with Gasteiger partial charge in [-0.25, -0.2) is 8.42 Å². The summed E-state index contributed by atoms with van der Waals surface area (Å²) in [7, 11) is 1.53. The van der Waals surface area contributed by atoms with Crippen LogP contribution in [0.5, 0.6) is 0 Å². The number of hydrogen-bond donors (Lipinski definition) is 1. The van der Waals surface area contributed by atoms with Gasteiger partial charge in [-0.2, -0.15) is 0 Å². The van der Waals surface area contributed by atoms with Crippen molar-refractivity contribution in [2.75, 3.05) is 6.54 Å². The molecule has 20 heavy (non-hydrogen) atoms. The summed E-state index contributed by atoms with van der Waals surface area (Å²) < 4.78 is 22.9. The van der Waals surface area contributed by atoms with Crippen molar-refractivity contribution < 1.29 is 13.2 Å². The van der Waals surface area contributed by atoms with Crippen molar-refractivity contribution in [2.24, 2.45) is 5.41 Å². The number of halogens is 1. The highest BCUT2D eigenvalue weighted by atomic mass is 35.7. The third kappa shape index (κ3) is 3.33. The molecule has 0 unspecified atom stereocenters. The fraction of sp³-hybridized carbons (Fsp3) is 0.500. The molecule has 0 heterocycles. The van der Waals surface area contributed by atoms with Crippen molar-refractivity contribution in [1.29, 1.82) is 0 Å². The summed E-state index contributed by atoms with van der Waals surface area (Å²) in [6.45, 7) is 4.40. The Labute approximate surface area is 123 Å². The van der Waals surface area contributed by atoms with E-state index >= 15 is 0 Å². The molecule has 0 aliphatic heterocycles. The van der Waals surface area contributed by atoms with Crippen LogP contribution < -0.4 is 5.32 Å². The lowest BCUT2D eigenvalue weighted by atomic mass is 10.0. The van der Waals surface area contributed by atoms with Crippen molar-refractivity contribution in [3.63, 3.8) is 0 Å². The predicted octanol–water partition coefficient (Wildman–Crippen LogP) is 2.84. The topological polar surface area (TPSA) is 63.2 Å². The van der Waals surface area contributed by atoms with E-state index in [-0.39, 0.29) is 16.2 Å². The summed E-state index contributed by atoms with van der Waals surface area (Å²) in [6, 6.07) is 4.54. The Morgan fingerprint density at radius 1 is 1.40 bits per heavy atom. The molecule has 0 radical (unpaired) electrons. The third-order valence-electron chi connectivity index (χ3n) is 4.04. The molecule has 0 saturated heterocycles. The number of benzene rings is 1. The van der Waals surface area contributed by atoms with Crippen LogP contribution in [0.3, 0.4) is 0 Å². The average Bonchev–Trinajstić information content (AvgIpc) is 3.16. The van der Waals surface area contributed by atoms with Crippen LogP contribution in [0.2, 0.25) is 0 Å². The molecule has 1 saturated carbocycles. The first-order valence-electron chi connectivity index (χ1n) is 6.61. The highest BCUT2D eigenvalue weighted by molar-refractivity contribution is 8.13. The molecule has 1 aliphatic carbocycles. The van der Waals surface area contributed by atoms with Gasteiger partial charge in [-0.05, 0) is 49.3 Å². The smallest absolute Gasteiger partial charge is 0.261 e. The molecule has 0 atom stereocenters. The van der Waals surface area contributed by atoms with Gasteiger partial charge in [-0.15, -0.1) is 0 Å². The van der Waals surface area contributed by atoms with Gasteiger partial charge in [0.15, 0.2) is 0 Å². The Kier molecular flexibility index (Phi) is 4.12. The Hall–Kier alpha value is -1.07. The maximum Gasteiger partial charge on any atom is 0.261 e.